The van der Waals surface area contributed by atoms with Gasteiger partial charge in [-0.25, -0.2) is 9.37 Å². The summed E-state index contributed by atoms with van der Waals surface area (Å²) in [6.45, 7) is 0.0680. The molecule has 0 aliphatic heterocycles. The Hall–Kier alpha value is -2.94. The van der Waals surface area contributed by atoms with Crippen LogP contribution in [0.25, 0.3) is 10.9 Å². The first-order valence-electron chi connectivity index (χ1n) is 11.0. The van der Waals surface area contributed by atoms with Crippen LogP contribution < -0.4 is 15.5 Å². The molecule has 1 aromatic heterocycles. The Kier molecular flexibility index (Phi) is 6.69. The SMILES string of the molecule is CN(C)c1nc(NC2CCC(NCc3cccc(C(F)(F)F)c3F)CC2)nc2ccccc12. The van der Waals surface area contributed by atoms with Crippen molar-refractivity contribution in [1.29, 1.82) is 0 Å². The van der Waals surface area contributed by atoms with E-state index in [1.54, 1.807) is 0 Å². The van der Waals surface area contributed by atoms with Gasteiger partial charge in [0.1, 0.15) is 11.6 Å². The van der Waals surface area contributed by atoms with Crippen LogP contribution in [0.4, 0.5) is 29.3 Å². The molecule has 4 rings (SSSR count). The number of hydrogen-bond donors (Lipinski definition) is 2. The van der Waals surface area contributed by atoms with E-state index in [0.717, 1.165) is 48.5 Å². The molecule has 0 saturated heterocycles. The smallest absolute Gasteiger partial charge is 0.362 e. The van der Waals surface area contributed by atoms with Crippen LogP contribution in [0.3, 0.4) is 0 Å². The van der Waals surface area contributed by atoms with Crippen molar-refractivity contribution in [1.82, 2.24) is 15.3 Å². The number of alkyl halides is 3. The third-order valence-electron chi connectivity index (χ3n) is 6.03. The van der Waals surface area contributed by atoms with Crippen LogP contribution in [0.1, 0.15) is 36.8 Å². The predicted molar refractivity (Wildman–Crippen MR) is 122 cm³/mol. The fourth-order valence-electron chi connectivity index (χ4n) is 4.28. The standard InChI is InChI=1S/C24H27F4N5/c1-33(2)22-18-7-3-4-9-20(18)31-23(32-22)30-17-12-10-16(11-13-17)29-14-15-6-5-8-19(21(15)25)24(26,27)28/h3-9,16-17,29H,10-14H2,1-2H3,(H,30,31,32). The van der Waals surface area contributed by atoms with Crippen molar-refractivity contribution in [2.75, 3.05) is 24.3 Å². The van der Waals surface area contributed by atoms with E-state index in [2.05, 4.69) is 20.6 Å². The lowest BCUT2D eigenvalue weighted by atomic mass is 9.91. The third-order valence-corrected chi connectivity index (χ3v) is 6.03. The van der Waals surface area contributed by atoms with Crippen molar-refractivity contribution in [3.05, 3.63) is 59.4 Å². The van der Waals surface area contributed by atoms with Crippen LogP contribution in [0.5, 0.6) is 0 Å². The van der Waals surface area contributed by atoms with Crippen LogP contribution in [0, 0.1) is 5.82 Å². The van der Waals surface area contributed by atoms with Gasteiger partial charge in [0.25, 0.3) is 0 Å². The second kappa shape index (κ2) is 9.51. The average molecular weight is 462 g/mol. The number of fused-ring (bicyclic) bond motifs is 1. The van der Waals surface area contributed by atoms with Crippen LogP contribution >= 0.6 is 0 Å². The number of hydrogen-bond acceptors (Lipinski definition) is 5. The van der Waals surface area contributed by atoms with Gasteiger partial charge in [0.15, 0.2) is 0 Å². The van der Waals surface area contributed by atoms with Crippen LogP contribution in [0.2, 0.25) is 0 Å². The molecule has 2 N–H and O–H groups in total. The highest BCUT2D eigenvalue weighted by molar-refractivity contribution is 5.90. The second-order valence-electron chi connectivity index (χ2n) is 8.63. The summed E-state index contributed by atoms with van der Waals surface area (Å²) in [5, 5.41) is 7.64. The van der Waals surface area contributed by atoms with E-state index in [-0.39, 0.29) is 24.2 Å². The fraction of sp³-hybridized carbons (Fsp3) is 0.417. The summed E-state index contributed by atoms with van der Waals surface area (Å²) in [6.07, 6.45) is -1.33. The first kappa shape index (κ1) is 23.2. The number of halogens is 4. The normalized spacial score (nSPS) is 19.0. The minimum atomic E-state index is -4.69. The molecule has 0 spiro atoms. The minimum Gasteiger partial charge on any atom is -0.362 e. The van der Waals surface area contributed by atoms with E-state index in [1.807, 2.05) is 43.3 Å². The zero-order valence-corrected chi connectivity index (χ0v) is 18.6. The van der Waals surface area contributed by atoms with Gasteiger partial charge in [-0.05, 0) is 43.9 Å². The highest BCUT2D eigenvalue weighted by atomic mass is 19.4. The molecule has 0 unspecified atom stereocenters. The second-order valence-corrected chi connectivity index (χ2v) is 8.63. The van der Waals surface area contributed by atoms with Gasteiger partial charge in [-0.1, -0.05) is 24.3 Å². The summed E-state index contributed by atoms with van der Waals surface area (Å²) >= 11 is 0. The van der Waals surface area contributed by atoms with Gasteiger partial charge in [-0.3, -0.25) is 0 Å². The van der Waals surface area contributed by atoms with E-state index >= 15 is 0 Å². The molecule has 0 bridgehead atoms. The minimum absolute atomic E-state index is 0.0332. The van der Waals surface area contributed by atoms with Gasteiger partial charge >= 0.3 is 6.18 Å². The lowest BCUT2D eigenvalue weighted by molar-refractivity contribution is -0.140. The van der Waals surface area contributed by atoms with Crippen molar-refractivity contribution in [2.24, 2.45) is 0 Å². The first-order chi connectivity index (χ1) is 15.7. The van der Waals surface area contributed by atoms with Gasteiger partial charge in [0, 0.05) is 43.7 Å². The molecular formula is C24H27F4N5. The fourth-order valence-corrected chi connectivity index (χ4v) is 4.28. The lowest BCUT2D eigenvalue weighted by Crippen LogP contribution is -2.37. The maximum absolute atomic E-state index is 14.2. The quantitative estimate of drug-likeness (QED) is 0.484. The van der Waals surface area contributed by atoms with Crippen molar-refractivity contribution < 1.29 is 17.6 Å². The molecule has 0 radical (unpaired) electrons. The Labute approximate surface area is 190 Å². The van der Waals surface area contributed by atoms with E-state index in [1.165, 1.54) is 12.1 Å². The highest BCUT2D eigenvalue weighted by Gasteiger charge is 2.34. The number of rotatable bonds is 6. The molecule has 3 aromatic rings. The van der Waals surface area contributed by atoms with Gasteiger partial charge in [0.2, 0.25) is 5.95 Å². The number of benzene rings is 2. The Morgan fingerprint density at radius 1 is 0.939 bits per heavy atom. The zero-order chi connectivity index (χ0) is 23.6. The Morgan fingerprint density at radius 2 is 1.64 bits per heavy atom. The molecule has 1 saturated carbocycles. The zero-order valence-electron chi connectivity index (χ0n) is 18.6. The van der Waals surface area contributed by atoms with Crippen molar-refractivity contribution in [3.8, 4) is 0 Å². The maximum atomic E-state index is 14.2. The molecule has 1 fully saturated rings. The van der Waals surface area contributed by atoms with Crippen LogP contribution in [-0.4, -0.2) is 36.1 Å². The topological polar surface area (TPSA) is 53.1 Å². The number of anilines is 2. The van der Waals surface area contributed by atoms with E-state index < -0.39 is 17.6 Å². The van der Waals surface area contributed by atoms with Crippen LogP contribution in [-0.2, 0) is 12.7 Å². The largest absolute Gasteiger partial charge is 0.419 e. The van der Waals surface area contributed by atoms with Crippen LogP contribution in [0.15, 0.2) is 42.5 Å². The molecule has 2 aromatic carbocycles. The average Bonchev–Trinajstić information content (AvgIpc) is 2.78. The van der Waals surface area contributed by atoms with E-state index in [9.17, 15) is 17.6 Å². The van der Waals surface area contributed by atoms with Gasteiger partial charge in [0.05, 0.1) is 11.1 Å². The summed E-state index contributed by atoms with van der Waals surface area (Å²) in [6, 6.07) is 11.6. The van der Waals surface area contributed by atoms with Gasteiger partial charge in [-0.15, -0.1) is 0 Å². The monoisotopic (exact) mass is 461 g/mol. The summed E-state index contributed by atoms with van der Waals surface area (Å²) in [5.74, 6) is 0.236. The van der Waals surface area contributed by atoms with Gasteiger partial charge < -0.3 is 15.5 Å². The summed E-state index contributed by atoms with van der Waals surface area (Å²) in [4.78, 5) is 11.3. The Morgan fingerprint density at radius 3 is 2.33 bits per heavy atom. The summed E-state index contributed by atoms with van der Waals surface area (Å²) < 4.78 is 53.0. The Balaban J connectivity index is 1.35. The van der Waals surface area contributed by atoms with E-state index in [4.69, 9.17) is 0 Å². The molecule has 1 aliphatic carbocycles. The van der Waals surface area contributed by atoms with E-state index in [0.29, 0.717) is 5.95 Å². The molecule has 9 heteroatoms. The number of nitrogens with zero attached hydrogens (tertiary/aromatic N) is 3. The Bertz CT molecular complexity index is 1110. The van der Waals surface area contributed by atoms with Crippen molar-refractivity contribution in [2.45, 2.75) is 50.5 Å². The molecular weight excluding hydrogens is 434 g/mol. The summed E-state index contributed by atoms with van der Waals surface area (Å²) in [7, 11) is 3.89. The molecule has 33 heavy (non-hydrogen) atoms. The van der Waals surface area contributed by atoms with Crippen molar-refractivity contribution >= 4 is 22.7 Å². The van der Waals surface area contributed by atoms with Crippen molar-refractivity contribution in [3.63, 3.8) is 0 Å². The molecule has 5 nitrogen and oxygen atoms in total. The third kappa shape index (κ3) is 5.35. The molecule has 0 atom stereocenters. The molecule has 1 aliphatic rings. The number of para-hydroxylation sites is 1. The highest BCUT2D eigenvalue weighted by Crippen LogP contribution is 2.32. The maximum Gasteiger partial charge on any atom is 0.419 e. The molecule has 0 amide bonds. The molecule has 1 heterocycles. The molecule has 176 valence electrons. The predicted octanol–water partition coefficient (Wildman–Crippen LogP) is 5.37. The summed E-state index contributed by atoms with van der Waals surface area (Å²) in [5.41, 5.74) is -0.315. The number of aromatic nitrogens is 2. The lowest BCUT2D eigenvalue weighted by Gasteiger charge is -2.30. The first-order valence-corrected chi connectivity index (χ1v) is 11.0. The van der Waals surface area contributed by atoms with Gasteiger partial charge in [-0.2, -0.15) is 18.2 Å². The number of nitrogens with one attached hydrogen (secondary N) is 2.